The van der Waals surface area contributed by atoms with E-state index in [0.717, 1.165) is 0 Å². The number of hydrogen-bond donors (Lipinski definition) is 1. The van der Waals surface area contributed by atoms with Crippen molar-refractivity contribution in [1.82, 2.24) is 4.98 Å². The molecule has 0 atom stereocenters. The van der Waals surface area contributed by atoms with Crippen LogP contribution in [0.2, 0.25) is 10.0 Å². The number of para-hydroxylation sites is 1. The van der Waals surface area contributed by atoms with Crippen molar-refractivity contribution in [3.05, 3.63) is 64.8 Å². The Labute approximate surface area is 136 Å². The number of benzene rings is 2. The minimum absolute atomic E-state index is 0.324. The Kier molecular flexibility index (Phi) is 4.13. The van der Waals surface area contributed by atoms with Gasteiger partial charge in [-0.05, 0) is 36.4 Å². The summed E-state index contributed by atoms with van der Waals surface area (Å²) in [5, 5.41) is 4.27. The van der Waals surface area contributed by atoms with Crippen LogP contribution in [0.15, 0.2) is 54.7 Å². The average Bonchev–Trinajstić information content (AvgIpc) is 2.53. The van der Waals surface area contributed by atoms with E-state index in [2.05, 4.69) is 10.3 Å². The van der Waals surface area contributed by atoms with Crippen LogP contribution in [0.5, 0.6) is 5.75 Å². The topological polar surface area (TPSA) is 51.2 Å². The molecule has 1 heterocycles. The smallest absolute Gasteiger partial charge is 0.408 e. The molecule has 1 N–H and O–H groups in total. The lowest BCUT2D eigenvalue weighted by Crippen LogP contribution is -2.17. The van der Waals surface area contributed by atoms with Crippen LogP contribution < -0.4 is 10.1 Å². The number of carbonyl (C=O) groups is 1. The second-order valence-electron chi connectivity index (χ2n) is 4.44. The molecule has 22 heavy (non-hydrogen) atoms. The normalized spacial score (nSPS) is 10.5. The molecule has 1 aromatic heterocycles. The fourth-order valence-electron chi connectivity index (χ4n) is 1.99. The Morgan fingerprint density at radius 1 is 1.00 bits per heavy atom. The zero-order valence-electron chi connectivity index (χ0n) is 11.2. The molecule has 0 saturated carbocycles. The first-order chi connectivity index (χ1) is 10.6. The van der Waals surface area contributed by atoms with E-state index in [9.17, 15) is 4.79 Å². The minimum atomic E-state index is -0.651. The first kappa shape index (κ1) is 14.6. The molecule has 0 saturated heterocycles. The molecular weight excluding hydrogens is 323 g/mol. The first-order valence-electron chi connectivity index (χ1n) is 6.42. The summed E-state index contributed by atoms with van der Waals surface area (Å²) in [5.41, 5.74) is 0.990. The second kappa shape index (κ2) is 6.22. The van der Waals surface area contributed by atoms with Crippen LogP contribution in [0.4, 0.5) is 10.5 Å². The molecule has 0 unspecified atom stereocenters. The molecule has 0 spiro atoms. The number of ether oxygens (including phenoxy) is 1. The van der Waals surface area contributed by atoms with E-state index in [4.69, 9.17) is 27.9 Å². The third kappa shape index (κ3) is 2.98. The fourth-order valence-corrected chi connectivity index (χ4v) is 2.39. The first-order valence-corrected chi connectivity index (χ1v) is 7.17. The molecule has 2 aromatic carbocycles. The van der Waals surface area contributed by atoms with Gasteiger partial charge in [0, 0.05) is 11.6 Å². The standard InChI is InChI=1S/C16H10Cl2N2O2/c17-11-7-8-14(15-10(11)4-3-9-19-15)22-16(21)20-13-6-2-1-5-12(13)18/h1-9H,(H,20,21). The molecule has 3 aromatic rings. The summed E-state index contributed by atoms with van der Waals surface area (Å²) in [6.07, 6.45) is 0.958. The van der Waals surface area contributed by atoms with E-state index in [-0.39, 0.29) is 0 Å². The van der Waals surface area contributed by atoms with Gasteiger partial charge in [0.2, 0.25) is 0 Å². The summed E-state index contributed by atoms with van der Waals surface area (Å²) >= 11 is 12.1. The lowest BCUT2D eigenvalue weighted by Gasteiger charge is -2.10. The van der Waals surface area contributed by atoms with Crippen molar-refractivity contribution < 1.29 is 9.53 Å². The van der Waals surface area contributed by atoms with Crippen molar-refractivity contribution in [3.8, 4) is 5.75 Å². The van der Waals surface area contributed by atoms with E-state index in [1.165, 1.54) is 0 Å². The van der Waals surface area contributed by atoms with E-state index >= 15 is 0 Å². The Balaban J connectivity index is 1.86. The van der Waals surface area contributed by atoms with Gasteiger partial charge < -0.3 is 4.74 Å². The molecule has 0 aliphatic carbocycles. The highest BCUT2D eigenvalue weighted by atomic mass is 35.5. The minimum Gasteiger partial charge on any atom is -0.408 e. The molecular formula is C16H10Cl2N2O2. The third-order valence-electron chi connectivity index (χ3n) is 2.99. The SMILES string of the molecule is O=C(Nc1ccccc1Cl)Oc1ccc(Cl)c2cccnc12. The molecule has 110 valence electrons. The van der Waals surface area contributed by atoms with Crippen molar-refractivity contribution in [2.75, 3.05) is 5.32 Å². The molecule has 0 radical (unpaired) electrons. The lowest BCUT2D eigenvalue weighted by atomic mass is 10.2. The van der Waals surface area contributed by atoms with Crippen LogP contribution in [0.25, 0.3) is 10.9 Å². The van der Waals surface area contributed by atoms with Gasteiger partial charge in [0.05, 0.1) is 15.7 Å². The van der Waals surface area contributed by atoms with Crippen molar-refractivity contribution in [3.63, 3.8) is 0 Å². The van der Waals surface area contributed by atoms with Crippen molar-refractivity contribution >= 4 is 45.9 Å². The van der Waals surface area contributed by atoms with Gasteiger partial charge in [0.15, 0.2) is 5.75 Å². The second-order valence-corrected chi connectivity index (χ2v) is 5.25. The summed E-state index contributed by atoms with van der Waals surface area (Å²) in [6.45, 7) is 0. The van der Waals surface area contributed by atoms with Gasteiger partial charge in [-0.3, -0.25) is 10.3 Å². The van der Waals surface area contributed by atoms with Crippen molar-refractivity contribution in [2.24, 2.45) is 0 Å². The number of carbonyl (C=O) groups excluding carboxylic acids is 1. The van der Waals surface area contributed by atoms with E-state index in [1.54, 1.807) is 48.7 Å². The van der Waals surface area contributed by atoms with Crippen LogP contribution in [0.1, 0.15) is 0 Å². The highest BCUT2D eigenvalue weighted by Gasteiger charge is 2.12. The van der Waals surface area contributed by atoms with Gasteiger partial charge in [-0.1, -0.05) is 35.3 Å². The molecule has 3 rings (SSSR count). The number of anilines is 1. The van der Waals surface area contributed by atoms with Crippen LogP contribution in [0, 0.1) is 0 Å². The molecule has 6 heteroatoms. The van der Waals surface area contributed by atoms with Crippen LogP contribution in [0.3, 0.4) is 0 Å². The Morgan fingerprint density at radius 3 is 2.64 bits per heavy atom. The average molecular weight is 333 g/mol. The van der Waals surface area contributed by atoms with E-state index in [1.807, 2.05) is 6.07 Å². The predicted octanol–water partition coefficient (Wildman–Crippen LogP) is 5.15. The highest BCUT2D eigenvalue weighted by Crippen LogP contribution is 2.30. The number of halogens is 2. The zero-order chi connectivity index (χ0) is 15.5. The summed E-state index contributed by atoms with van der Waals surface area (Å²) in [6, 6.07) is 13.7. The number of fused-ring (bicyclic) bond motifs is 1. The number of nitrogens with zero attached hydrogens (tertiary/aromatic N) is 1. The Bertz CT molecular complexity index is 852. The number of amides is 1. The van der Waals surface area contributed by atoms with Gasteiger partial charge in [-0.25, -0.2) is 4.79 Å². The van der Waals surface area contributed by atoms with Crippen LogP contribution in [-0.2, 0) is 0 Å². The summed E-state index contributed by atoms with van der Waals surface area (Å²) in [7, 11) is 0. The Hall–Kier alpha value is -2.30. The maximum atomic E-state index is 12.0. The van der Waals surface area contributed by atoms with Crippen molar-refractivity contribution in [1.29, 1.82) is 0 Å². The summed E-state index contributed by atoms with van der Waals surface area (Å²) < 4.78 is 5.31. The zero-order valence-corrected chi connectivity index (χ0v) is 12.7. The predicted molar refractivity (Wildman–Crippen MR) is 87.9 cm³/mol. The number of hydrogen-bond acceptors (Lipinski definition) is 3. The number of pyridine rings is 1. The van der Waals surface area contributed by atoms with Gasteiger partial charge >= 0.3 is 6.09 Å². The Morgan fingerprint density at radius 2 is 1.82 bits per heavy atom. The number of aromatic nitrogens is 1. The van der Waals surface area contributed by atoms with Crippen molar-refractivity contribution in [2.45, 2.75) is 0 Å². The summed E-state index contributed by atoms with van der Waals surface area (Å²) in [4.78, 5) is 16.2. The monoisotopic (exact) mass is 332 g/mol. The molecule has 4 nitrogen and oxygen atoms in total. The molecule has 1 amide bonds. The summed E-state index contributed by atoms with van der Waals surface area (Å²) in [5.74, 6) is 0.324. The quantitative estimate of drug-likeness (QED) is 0.705. The van der Waals surface area contributed by atoms with E-state index in [0.29, 0.717) is 32.4 Å². The largest absolute Gasteiger partial charge is 0.417 e. The van der Waals surface area contributed by atoms with Gasteiger partial charge in [-0.2, -0.15) is 0 Å². The molecule has 0 aliphatic heterocycles. The van der Waals surface area contributed by atoms with Gasteiger partial charge in [0.1, 0.15) is 5.52 Å². The number of rotatable bonds is 2. The van der Waals surface area contributed by atoms with Gasteiger partial charge in [-0.15, -0.1) is 0 Å². The van der Waals surface area contributed by atoms with E-state index < -0.39 is 6.09 Å². The number of nitrogens with one attached hydrogen (secondary N) is 1. The fraction of sp³-hybridized carbons (Fsp3) is 0. The molecule has 0 aliphatic rings. The maximum Gasteiger partial charge on any atom is 0.417 e. The lowest BCUT2D eigenvalue weighted by molar-refractivity contribution is 0.215. The highest BCUT2D eigenvalue weighted by molar-refractivity contribution is 6.35. The van der Waals surface area contributed by atoms with Crippen LogP contribution in [-0.4, -0.2) is 11.1 Å². The van der Waals surface area contributed by atoms with Crippen LogP contribution >= 0.6 is 23.2 Å². The molecule has 0 bridgehead atoms. The van der Waals surface area contributed by atoms with Gasteiger partial charge in [0.25, 0.3) is 0 Å². The molecule has 0 fully saturated rings. The maximum absolute atomic E-state index is 12.0. The third-order valence-corrected chi connectivity index (χ3v) is 3.65.